The van der Waals surface area contributed by atoms with Gasteiger partial charge in [0, 0.05) is 0 Å². The fourth-order valence-corrected chi connectivity index (χ4v) is 1.76. The van der Waals surface area contributed by atoms with Gasteiger partial charge in [0.25, 0.3) is 0 Å². The molecule has 0 bridgehead atoms. The van der Waals surface area contributed by atoms with Crippen LogP contribution in [0, 0.1) is 17.5 Å². The van der Waals surface area contributed by atoms with E-state index < -0.39 is 46.5 Å². The maximum atomic E-state index is 14.2. The lowest BCUT2D eigenvalue weighted by Gasteiger charge is -2.15. The molecule has 0 aromatic heterocycles. The fourth-order valence-electron chi connectivity index (χ4n) is 1.76. The topological polar surface area (TPSA) is 44.8 Å². The predicted octanol–water partition coefficient (Wildman–Crippen LogP) is 4.66. The Labute approximate surface area is 144 Å². The van der Waals surface area contributed by atoms with Crippen molar-refractivity contribution in [1.29, 1.82) is 0 Å². The molecule has 4 nitrogen and oxygen atoms in total. The summed E-state index contributed by atoms with van der Waals surface area (Å²) in [4.78, 5) is 12.4. The van der Waals surface area contributed by atoms with Crippen molar-refractivity contribution in [2.75, 3.05) is 13.2 Å². The maximum Gasteiger partial charge on any atom is 0.573 e. The summed E-state index contributed by atoms with van der Waals surface area (Å²) < 4.78 is 91.2. The molecule has 1 aromatic carbocycles. The van der Waals surface area contributed by atoms with Gasteiger partial charge in [0.2, 0.25) is 17.3 Å². The molecule has 0 aliphatic rings. The molecule has 26 heavy (non-hydrogen) atoms. The van der Waals surface area contributed by atoms with E-state index in [2.05, 4.69) is 11.3 Å². The smallest absolute Gasteiger partial charge is 0.501 e. The minimum Gasteiger partial charge on any atom is -0.501 e. The molecule has 0 heterocycles. The molecule has 0 atom stereocenters. The zero-order chi connectivity index (χ0) is 20.1. The normalized spacial score (nSPS) is 11.9. The Morgan fingerprint density at radius 3 is 2.27 bits per heavy atom. The number of ketones is 1. The first-order valence-electron chi connectivity index (χ1n) is 7.15. The predicted molar refractivity (Wildman–Crippen MR) is 77.8 cm³/mol. The van der Waals surface area contributed by atoms with Gasteiger partial charge >= 0.3 is 6.36 Å². The fraction of sp³-hybridized carbons (Fsp3) is 0.312. The Hall–Kier alpha value is -2.65. The van der Waals surface area contributed by atoms with E-state index in [1.165, 1.54) is 0 Å². The number of rotatable bonds is 8. The first-order valence-corrected chi connectivity index (χ1v) is 7.15. The molecule has 1 rings (SSSR count). The van der Waals surface area contributed by atoms with Crippen LogP contribution in [0.5, 0.6) is 5.75 Å². The first-order chi connectivity index (χ1) is 12.0. The minimum absolute atomic E-state index is 0.0538. The van der Waals surface area contributed by atoms with E-state index in [9.17, 15) is 31.1 Å². The highest BCUT2D eigenvalue weighted by molar-refractivity contribution is 6.11. The SMILES string of the molecule is C=C(OCC)/C(=C\OCC)C(=O)c1cc(F)c(F)c(OC(F)(F)F)c1F. The maximum absolute atomic E-state index is 14.2. The lowest BCUT2D eigenvalue weighted by molar-refractivity contribution is -0.276. The van der Waals surface area contributed by atoms with Gasteiger partial charge in [-0.05, 0) is 19.9 Å². The third kappa shape index (κ3) is 5.17. The number of benzene rings is 1. The molecule has 144 valence electrons. The van der Waals surface area contributed by atoms with Crippen LogP contribution in [0.1, 0.15) is 24.2 Å². The van der Waals surface area contributed by atoms with Crippen LogP contribution in [0.2, 0.25) is 0 Å². The molecular weight excluding hydrogens is 370 g/mol. The van der Waals surface area contributed by atoms with Gasteiger partial charge in [0.05, 0.1) is 30.6 Å². The van der Waals surface area contributed by atoms with E-state index in [4.69, 9.17) is 9.47 Å². The van der Waals surface area contributed by atoms with Gasteiger partial charge in [-0.15, -0.1) is 13.2 Å². The van der Waals surface area contributed by atoms with Gasteiger partial charge in [-0.3, -0.25) is 4.79 Å². The Morgan fingerprint density at radius 1 is 1.15 bits per heavy atom. The molecule has 0 aliphatic carbocycles. The van der Waals surface area contributed by atoms with E-state index in [0.29, 0.717) is 0 Å². The second-order valence-electron chi connectivity index (χ2n) is 4.58. The van der Waals surface area contributed by atoms with Crippen molar-refractivity contribution in [1.82, 2.24) is 0 Å². The van der Waals surface area contributed by atoms with Crippen LogP contribution in [0.3, 0.4) is 0 Å². The lowest BCUT2D eigenvalue weighted by atomic mass is 10.0. The van der Waals surface area contributed by atoms with Gasteiger partial charge in [-0.1, -0.05) is 6.58 Å². The highest BCUT2D eigenvalue weighted by Crippen LogP contribution is 2.33. The van der Waals surface area contributed by atoms with Gasteiger partial charge in [-0.2, -0.15) is 4.39 Å². The van der Waals surface area contributed by atoms with Crippen molar-refractivity contribution in [3.8, 4) is 5.75 Å². The van der Waals surface area contributed by atoms with E-state index in [1.54, 1.807) is 13.8 Å². The molecule has 0 unspecified atom stereocenters. The standard InChI is InChI=1S/C16H14F6O4/c1-4-24-7-10(8(3)25-5-2)14(23)9-6-11(17)13(19)15(12(9)18)26-16(20,21)22/h6-7H,3-5H2,1-2H3/b10-7+. The lowest BCUT2D eigenvalue weighted by Crippen LogP contribution is -2.21. The van der Waals surface area contributed by atoms with Crippen molar-refractivity contribution < 1.29 is 45.3 Å². The molecule has 0 saturated carbocycles. The number of halogens is 6. The average Bonchev–Trinajstić information content (AvgIpc) is 2.54. The number of carbonyl (C=O) groups is 1. The molecule has 0 saturated heterocycles. The number of hydrogen-bond acceptors (Lipinski definition) is 4. The summed E-state index contributed by atoms with van der Waals surface area (Å²) in [6.45, 7) is 6.63. The summed E-state index contributed by atoms with van der Waals surface area (Å²) in [5.74, 6) is -9.88. The number of carbonyl (C=O) groups excluding carboxylic acids is 1. The van der Waals surface area contributed by atoms with Crippen LogP contribution >= 0.6 is 0 Å². The first kappa shape index (κ1) is 21.4. The van der Waals surface area contributed by atoms with Crippen molar-refractivity contribution in [3.63, 3.8) is 0 Å². The van der Waals surface area contributed by atoms with E-state index in [1.807, 2.05) is 0 Å². The highest BCUT2D eigenvalue weighted by atomic mass is 19.4. The number of hydrogen-bond donors (Lipinski definition) is 0. The summed E-state index contributed by atoms with van der Waals surface area (Å²) in [6.07, 6.45) is -4.68. The Kier molecular flexibility index (Phi) is 7.10. The van der Waals surface area contributed by atoms with Crippen LogP contribution < -0.4 is 4.74 Å². The molecule has 0 N–H and O–H groups in total. The quantitative estimate of drug-likeness (QED) is 0.163. The van der Waals surface area contributed by atoms with Crippen LogP contribution in [0.15, 0.2) is 30.2 Å². The molecule has 0 radical (unpaired) electrons. The van der Waals surface area contributed by atoms with Crippen LogP contribution in [0.25, 0.3) is 0 Å². The largest absolute Gasteiger partial charge is 0.573 e. The molecule has 10 heteroatoms. The van der Waals surface area contributed by atoms with Gasteiger partial charge in [0.15, 0.2) is 11.6 Å². The van der Waals surface area contributed by atoms with E-state index >= 15 is 0 Å². The second-order valence-corrected chi connectivity index (χ2v) is 4.58. The van der Waals surface area contributed by atoms with E-state index in [-0.39, 0.29) is 25.0 Å². The zero-order valence-corrected chi connectivity index (χ0v) is 13.7. The summed E-state index contributed by atoms with van der Waals surface area (Å²) in [5, 5.41) is 0. The third-order valence-corrected chi connectivity index (χ3v) is 2.81. The Bertz CT molecular complexity index is 724. The zero-order valence-electron chi connectivity index (χ0n) is 13.7. The van der Waals surface area contributed by atoms with Crippen molar-refractivity contribution in [3.05, 3.63) is 53.3 Å². The van der Waals surface area contributed by atoms with Crippen LogP contribution in [-0.2, 0) is 9.47 Å². The second kappa shape index (κ2) is 8.63. The van der Waals surface area contributed by atoms with Crippen molar-refractivity contribution >= 4 is 5.78 Å². The third-order valence-electron chi connectivity index (χ3n) is 2.81. The monoisotopic (exact) mass is 384 g/mol. The summed E-state index contributed by atoms with van der Waals surface area (Å²) in [7, 11) is 0. The van der Waals surface area contributed by atoms with Crippen molar-refractivity contribution in [2.24, 2.45) is 0 Å². The number of alkyl halides is 3. The Morgan fingerprint density at radius 2 is 1.77 bits per heavy atom. The van der Waals surface area contributed by atoms with Gasteiger partial charge in [0.1, 0.15) is 5.76 Å². The molecule has 0 spiro atoms. The van der Waals surface area contributed by atoms with Gasteiger partial charge < -0.3 is 14.2 Å². The minimum atomic E-state index is -5.51. The Balaban J connectivity index is 3.48. The number of ether oxygens (including phenoxy) is 3. The van der Waals surface area contributed by atoms with Crippen molar-refractivity contribution in [2.45, 2.75) is 20.2 Å². The average molecular weight is 384 g/mol. The summed E-state index contributed by atoms with van der Waals surface area (Å²) in [6, 6.07) is 0.106. The number of Topliss-reactive ketones (excluding diaryl/α,β-unsaturated/α-hetero) is 1. The molecule has 0 amide bonds. The summed E-state index contributed by atoms with van der Waals surface area (Å²) >= 11 is 0. The molecule has 0 aliphatic heterocycles. The number of allylic oxidation sites excluding steroid dienone is 1. The van der Waals surface area contributed by atoms with Crippen LogP contribution in [0.4, 0.5) is 26.3 Å². The van der Waals surface area contributed by atoms with E-state index in [0.717, 1.165) is 6.26 Å². The molecular formula is C16H14F6O4. The van der Waals surface area contributed by atoms with Crippen LogP contribution in [-0.4, -0.2) is 25.4 Å². The molecule has 1 aromatic rings. The highest BCUT2D eigenvalue weighted by Gasteiger charge is 2.37. The van der Waals surface area contributed by atoms with Gasteiger partial charge in [-0.25, -0.2) is 8.78 Å². The summed E-state index contributed by atoms with van der Waals surface area (Å²) in [5.41, 5.74) is -1.70. The molecule has 0 fully saturated rings.